The van der Waals surface area contributed by atoms with E-state index >= 15 is 0 Å². The summed E-state index contributed by atoms with van der Waals surface area (Å²) in [5.41, 5.74) is 0.326. The Kier molecular flexibility index (Phi) is 5.56. The van der Waals surface area contributed by atoms with Gasteiger partial charge in [-0.25, -0.2) is 4.79 Å². The Morgan fingerprint density at radius 2 is 1.96 bits per heavy atom. The van der Waals surface area contributed by atoms with Crippen molar-refractivity contribution >= 4 is 17.6 Å². The van der Waals surface area contributed by atoms with Crippen LogP contribution in [0.1, 0.15) is 16.1 Å². The Balaban J connectivity index is 2.22. The van der Waals surface area contributed by atoms with Crippen LogP contribution in [0.3, 0.4) is 0 Å². The summed E-state index contributed by atoms with van der Waals surface area (Å²) < 4.78 is 4.68. The molecule has 1 aromatic heterocycles. The van der Waals surface area contributed by atoms with Crippen LogP contribution >= 0.6 is 0 Å². The van der Waals surface area contributed by atoms with Gasteiger partial charge in [0.15, 0.2) is 0 Å². The van der Waals surface area contributed by atoms with Crippen molar-refractivity contribution in [3.63, 3.8) is 0 Å². The van der Waals surface area contributed by atoms with Gasteiger partial charge in [-0.15, -0.1) is 0 Å². The first kappa shape index (κ1) is 17.1. The molecular formula is C16H15N3O5. The number of nitro benzene ring substituents is 1. The van der Waals surface area contributed by atoms with E-state index in [1.807, 2.05) is 0 Å². The van der Waals surface area contributed by atoms with Crippen LogP contribution in [-0.2, 0) is 16.0 Å². The van der Waals surface area contributed by atoms with Crippen LogP contribution in [0.2, 0.25) is 0 Å². The van der Waals surface area contributed by atoms with Crippen molar-refractivity contribution < 1.29 is 19.2 Å². The molecule has 0 aliphatic rings. The highest BCUT2D eigenvalue weighted by molar-refractivity contribution is 5.95. The van der Waals surface area contributed by atoms with E-state index in [9.17, 15) is 19.7 Å². The molecule has 8 heteroatoms. The molecule has 0 saturated carbocycles. The predicted molar refractivity (Wildman–Crippen MR) is 84.3 cm³/mol. The molecule has 0 spiro atoms. The maximum absolute atomic E-state index is 12.2. The maximum atomic E-state index is 12.2. The summed E-state index contributed by atoms with van der Waals surface area (Å²) in [6.07, 6.45) is 1.38. The summed E-state index contributed by atoms with van der Waals surface area (Å²) in [6.45, 7) is 0. The van der Waals surface area contributed by atoms with Gasteiger partial charge in [0.05, 0.1) is 12.0 Å². The number of nitrogens with one attached hydrogen (secondary N) is 1. The van der Waals surface area contributed by atoms with Gasteiger partial charge in [-0.05, 0) is 12.1 Å². The minimum Gasteiger partial charge on any atom is -0.467 e. The summed E-state index contributed by atoms with van der Waals surface area (Å²) in [7, 11) is 1.18. The number of hydrogen-bond acceptors (Lipinski definition) is 6. The number of methoxy groups -OCH3 is 1. The van der Waals surface area contributed by atoms with Crippen LogP contribution in [0, 0.1) is 10.1 Å². The first-order chi connectivity index (χ1) is 11.5. The van der Waals surface area contributed by atoms with Gasteiger partial charge in [0.1, 0.15) is 11.7 Å². The summed E-state index contributed by atoms with van der Waals surface area (Å²) in [4.78, 5) is 38.5. The topological polar surface area (TPSA) is 111 Å². The van der Waals surface area contributed by atoms with E-state index in [1.54, 1.807) is 18.2 Å². The Labute approximate surface area is 137 Å². The SMILES string of the molecule is COC(=O)[C@@H](Cc1ccccc1[N+](=O)[O-])NC(=O)c1ccccn1. The third kappa shape index (κ3) is 4.13. The molecule has 124 valence electrons. The fraction of sp³-hybridized carbons (Fsp3) is 0.188. The highest BCUT2D eigenvalue weighted by Gasteiger charge is 2.26. The van der Waals surface area contributed by atoms with Gasteiger partial charge in [0.2, 0.25) is 0 Å². The predicted octanol–water partition coefficient (Wildman–Crippen LogP) is 1.50. The first-order valence-electron chi connectivity index (χ1n) is 7.05. The number of nitro groups is 1. The van der Waals surface area contributed by atoms with Crippen molar-refractivity contribution in [1.29, 1.82) is 0 Å². The number of para-hydroxylation sites is 1. The Morgan fingerprint density at radius 3 is 2.58 bits per heavy atom. The van der Waals surface area contributed by atoms with Gasteiger partial charge in [0, 0.05) is 24.2 Å². The monoisotopic (exact) mass is 329 g/mol. The van der Waals surface area contributed by atoms with Crippen LogP contribution in [0.4, 0.5) is 5.69 Å². The molecule has 1 N–H and O–H groups in total. The standard InChI is InChI=1S/C16H15N3O5/c1-24-16(21)13(18-15(20)12-7-4-5-9-17-12)10-11-6-2-3-8-14(11)19(22)23/h2-9,13H,10H2,1H3,(H,18,20)/t13-/m1/s1. The molecule has 0 aliphatic heterocycles. The summed E-state index contributed by atoms with van der Waals surface area (Å²) in [5, 5.41) is 13.6. The molecule has 8 nitrogen and oxygen atoms in total. The van der Waals surface area contributed by atoms with Crippen LogP contribution < -0.4 is 5.32 Å². The molecule has 0 aliphatic carbocycles. The summed E-state index contributed by atoms with van der Waals surface area (Å²) in [6, 6.07) is 9.74. The van der Waals surface area contributed by atoms with E-state index < -0.39 is 22.8 Å². The number of amides is 1. The number of esters is 1. The van der Waals surface area contributed by atoms with Gasteiger partial charge in [-0.3, -0.25) is 19.9 Å². The number of nitrogens with zero attached hydrogens (tertiary/aromatic N) is 2. The quantitative estimate of drug-likeness (QED) is 0.488. The van der Waals surface area contributed by atoms with E-state index in [0.717, 1.165) is 0 Å². The molecule has 0 unspecified atom stereocenters. The Bertz CT molecular complexity index is 748. The number of aromatic nitrogens is 1. The highest BCUT2D eigenvalue weighted by Crippen LogP contribution is 2.19. The van der Waals surface area contributed by atoms with Crippen molar-refractivity contribution in [2.45, 2.75) is 12.5 Å². The Morgan fingerprint density at radius 1 is 1.25 bits per heavy atom. The summed E-state index contributed by atoms with van der Waals surface area (Å²) >= 11 is 0. The molecule has 0 saturated heterocycles. The highest BCUT2D eigenvalue weighted by atomic mass is 16.6. The number of benzene rings is 1. The van der Waals surface area contributed by atoms with Gasteiger partial charge < -0.3 is 10.1 Å². The fourth-order valence-electron chi connectivity index (χ4n) is 2.15. The van der Waals surface area contributed by atoms with Crippen LogP contribution in [0.25, 0.3) is 0 Å². The van der Waals surface area contributed by atoms with Crippen molar-refractivity contribution in [3.8, 4) is 0 Å². The number of carbonyl (C=O) groups excluding carboxylic acids is 2. The second-order valence-corrected chi connectivity index (χ2v) is 4.85. The first-order valence-corrected chi connectivity index (χ1v) is 7.05. The van der Waals surface area contributed by atoms with Crippen LogP contribution in [-0.4, -0.2) is 34.9 Å². The van der Waals surface area contributed by atoms with E-state index in [0.29, 0.717) is 5.56 Å². The smallest absolute Gasteiger partial charge is 0.328 e. The van der Waals surface area contributed by atoms with Gasteiger partial charge >= 0.3 is 5.97 Å². The molecule has 2 aromatic rings. The van der Waals surface area contributed by atoms with E-state index in [-0.39, 0.29) is 17.8 Å². The van der Waals surface area contributed by atoms with Gasteiger partial charge in [-0.1, -0.05) is 24.3 Å². The maximum Gasteiger partial charge on any atom is 0.328 e. The van der Waals surface area contributed by atoms with Crippen LogP contribution in [0.15, 0.2) is 48.7 Å². The zero-order chi connectivity index (χ0) is 17.5. The van der Waals surface area contributed by atoms with Crippen molar-refractivity contribution in [1.82, 2.24) is 10.3 Å². The van der Waals surface area contributed by atoms with E-state index in [1.165, 1.54) is 37.6 Å². The van der Waals surface area contributed by atoms with E-state index in [2.05, 4.69) is 15.0 Å². The molecule has 1 atom stereocenters. The normalized spacial score (nSPS) is 11.4. The second kappa shape index (κ2) is 7.82. The lowest BCUT2D eigenvalue weighted by Crippen LogP contribution is -2.43. The molecule has 2 rings (SSSR count). The molecule has 0 bridgehead atoms. The molecule has 1 heterocycles. The second-order valence-electron chi connectivity index (χ2n) is 4.85. The third-order valence-electron chi connectivity index (χ3n) is 3.30. The number of pyridine rings is 1. The molecule has 1 aromatic carbocycles. The molecular weight excluding hydrogens is 314 g/mol. The third-order valence-corrected chi connectivity index (χ3v) is 3.30. The lowest BCUT2D eigenvalue weighted by molar-refractivity contribution is -0.385. The number of ether oxygens (including phenoxy) is 1. The van der Waals surface area contributed by atoms with Gasteiger partial charge in [0.25, 0.3) is 11.6 Å². The number of carbonyl (C=O) groups is 2. The lowest BCUT2D eigenvalue weighted by atomic mass is 10.0. The Hall–Kier alpha value is -3.29. The zero-order valence-corrected chi connectivity index (χ0v) is 12.8. The summed E-state index contributed by atoms with van der Waals surface area (Å²) in [5.74, 6) is -1.26. The lowest BCUT2D eigenvalue weighted by Gasteiger charge is -2.16. The molecule has 0 radical (unpaired) electrons. The minimum absolute atomic E-state index is 0.0671. The van der Waals surface area contributed by atoms with Crippen LogP contribution in [0.5, 0.6) is 0 Å². The fourth-order valence-corrected chi connectivity index (χ4v) is 2.15. The number of rotatable bonds is 6. The van der Waals surface area contributed by atoms with Crippen molar-refractivity contribution in [2.75, 3.05) is 7.11 Å². The van der Waals surface area contributed by atoms with Crippen molar-refractivity contribution in [2.24, 2.45) is 0 Å². The number of hydrogen-bond donors (Lipinski definition) is 1. The largest absolute Gasteiger partial charge is 0.467 e. The van der Waals surface area contributed by atoms with Crippen molar-refractivity contribution in [3.05, 3.63) is 70.0 Å². The molecule has 24 heavy (non-hydrogen) atoms. The molecule has 1 amide bonds. The zero-order valence-electron chi connectivity index (χ0n) is 12.8. The molecule has 0 fully saturated rings. The van der Waals surface area contributed by atoms with E-state index in [4.69, 9.17) is 0 Å². The van der Waals surface area contributed by atoms with Gasteiger partial charge in [-0.2, -0.15) is 0 Å². The average Bonchev–Trinajstić information content (AvgIpc) is 2.61. The minimum atomic E-state index is -1.06. The average molecular weight is 329 g/mol.